The Kier molecular flexibility index (Phi) is 5.04. The van der Waals surface area contributed by atoms with Crippen molar-refractivity contribution in [2.45, 2.75) is 19.4 Å². The van der Waals surface area contributed by atoms with E-state index in [9.17, 15) is 0 Å². The zero-order valence-corrected chi connectivity index (χ0v) is 13.2. The van der Waals surface area contributed by atoms with Gasteiger partial charge in [0.15, 0.2) is 11.5 Å². The Hall–Kier alpha value is -1.52. The number of thiophene rings is 1. The quantitative estimate of drug-likeness (QED) is 0.881. The highest BCUT2D eigenvalue weighted by atomic mass is 32.1. The molecule has 0 saturated heterocycles. The van der Waals surface area contributed by atoms with Gasteiger partial charge in [0.1, 0.15) is 0 Å². The molecule has 4 heteroatoms. The van der Waals surface area contributed by atoms with Crippen LogP contribution in [-0.4, -0.2) is 21.3 Å². The zero-order valence-electron chi connectivity index (χ0n) is 12.4. The van der Waals surface area contributed by atoms with Crippen LogP contribution in [0.15, 0.2) is 30.3 Å². The molecule has 20 heavy (non-hydrogen) atoms. The molecular weight excluding hydrogens is 270 g/mol. The lowest BCUT2D eigenvalue weighted by molar-refractivity contribution is 0.354. The van der Waals surface area contributed by atoms with E-state index in [1.54, 1.807) is 14.2 Å². The topological polar surface area (TPSA) is 30.5 Å². The first-order valence-electron chi connectivity index (χ1n) is 6.71. The van der Waals surface area contributed by atoms with E-state index < -0.39 is 0 Å². The average Bonchev–Trinajstić information content (AvgIpc) is 2.96. The molecule has 0 aliphatic rings. The molecule has 0 aliphatic carbocycles. The van der Waals surface area contributed by atoms with Crippen LogP contribution in [-0.2, 0) is 6.42 Å². The van der Waals surface area contributed by atoms with Gasteiger partial charge in [0, 0.05) is 9.75 Å². The monoisotopic (exact) mass is 291 g/mol. The summed E-state index contributed by atoms with van der Waals surface area (Å²) in [5.74, 6) is 1.52. The summed E-state index contributed by atoms with van der Waals surface area (Å²) in [7, 11) is 5.29. The summed E-state index contributed by atoms with van der Waals surface area (Å²) in [4.78, 5) is 2.72. The fraction of sp³-hybridized carbons (Fsp3) is 0.375. The molecule has 1 aromatic carbocycles. The van der Waals surface area contributed by atoms with Gasteiger partial charge in [-0.05, 0) is 43.3 Å². The van der Waals surface area contributed by atoms with Crippen LogP contribution >= 0.6 is 11.3 Å². The number of methoxy groups -OCH3 is 2. The SMILES string of the molecule is CCc1ccc(C(NC)c2ccc(OC)c(OC)c2)s1. The Morgan fingerprint density at radius 1 is 1.10 bits per heavy atom. The molecule has 0 radical (unpaired) electrons. The van der Waals surface area contributed by atoms with Gasteiger partial charge in [0.05, 0.1) is 20.3 Å². The van der Waals surface area contributed by atoms with Gasteiger partial charge in [-0.1, -0.05) is 13.0 Å². The van der Waals surface area contributed by atoms with E-state index in [-0.39, 0.29) is 6.04 Å². The van der Waals surface area contributed by atoms with E-state index in [2.05, 4.69) is 30.4 Å². The summed E-state index contributed by atoms with van der Waals surface area (Å²) in [6.45, 7) is 2.18. The molecule has 1 atom stereocenters. The Morgan fingerprint density at radius 3 is 2.40 bits per heavy atom. The minimum atomic E-state index is 0.181. The predicted octanol–water partition coefficient (Wildman–Crippen LogP) is 3.64. The fourth-order valence-corrected chi connectivity index (χ4v) is 3.34. The molecule has 1 heterocycles. The van der Waals surface area contributed by atoms with Gasteiger partial charge in [-0.15, -0.1) is 11.3 Å². The normalized spacial score (nSPS) is 12.2. The number of aryl methyl sites for hydroxylation is 1. The number of rotatable bonds is 6. The molecule has 1 unspecified atom stereocenters. The molecule has 2 aromatic rings. The first-order valence-corrected chi connectivity index (χ1v) is 7.52. The number of nitrogens with one attached hydrogen (secondary N) is 1. The summed E-state index contributed by atoms with van der Waals surface area (Å²) < 4.78 is 10.7. The van der Waals surface area contributed by atoms with Gasteiger partial charge in [-0.25, -0.2) is 0 Å². The van der Waals surface area contributed by atoms with Crippen LogP contribution in [0.3, 0.4) is 0 Å². The van der Waals surface area contributed by atoms with Crippen LogP contribution in [0.2, 0.25) is 0 Å². The van der Waals surface area contributed by atoms with E-state index >= 15 is 0 Å². The van der Waals surface area contributed by atoms with Crippen LogP contribution in [0.4, 0.5) is 0 Å². The average molecular weight is 291 g/mol. The molecule has 0 amide bonds. The molecule has 1 aromatic heterocycles. The van der Waals surface area contributed by atoms with E-state index in [4.69, 9.17) is 9.47 Å². The summed E-state index contributed by atoms with van der Waals surface area (Å²) in [6.07, 6.45) is 1.08. The summed E-state index contributed by atoms with van der Waals surface area (Å²) in [6, 6.07) is 10.6. The number of hydrogen-bond acceptors (Lipinski definition) is 4. The maximum absolute atomic E-state index is 5.38. The van der Waals surface area contributed by atoms with E-state index in [1.807, 2.05) is 30.5 Å². The molecule has 1 N–H and O–H groups in total. The largest absolute Gasteiger partial charge is 0.493 e. The van der Waals surface area contributed by atoms with E-state index in [1.165, 1.54) is 15.3 Å². The van der Waals surface area contributed by atoms with Crippen LogP contribution in [0.5, 0.6) is 11.5 Å². The third-order valence-electron chi connectivity index (χ3n) is 3.35. The predicted molar refractivity (Wildman–Crippen MR) is 84.1 cm³/mol. The molecular formula is C16H21NO2S. The smallest absolute Gasteiger partial charge is 0.161 e. The van der Waals surface area contributed by atoms with Crippen molar-refractivity contribution < 1.29 is 9.47 Å². The molecule has 108 valence electrons. The fourth-order valence-electron chi connectivity index (χ4n) is 2.25. The molecule has 2 rings (SSSR count). The van der Waals surface area contributed by atoms with Crippen molar-refractivity contribution in [1.82, 2.24) is 5.32 Å². The Morgan fingerprint density at radius 2 is 1.85 bits per heavy atom. The second-order valence-electron chi connectivity index (χ2n) is 4.49. The third-order valence-corrected chi connectivity index (χ3v) is 4.64. The highest BCUT2D eigenvalue weighted by Crippen LogP contribution is 2.34. The number of benzene rings is 1. The third kappa shape index (κ3) is 2.97. The van der Waals surface area contributed by atoms with Gasteiger partial charge in [-0.2, -0.15) is 0 Å². The molecule has 0 aliphatic heterocycles. The van der Waals surface area contributed by atoms with Crippen molar-refractivity contribution in [1.29, 1.82) is 0 Å². The highest BCUT2D eigenvalue weighted by molar-refractivity contribution is 7.12. The van der Waals surface area contributed by atoms with Gasteiger partial charge in [0.2, 0.25) is 0 Å². The van der Waals surface area contributed by atoms with Gasteiger partial charge >= 0.3 is 0 Å². The highest BCUT2D eigenvalue weighted by Gasteiger charge is 2.16. The first kappa shape index (κ1) is 14.9. The Bertz CT molecular complexity index is 565. The minimum Gasteiger partial charge on any atom is -0.493 e. The number of hydrogen-bond donors (Lipinski definition) is 1. The number of ether oxygens (including phenoxy) is 2. The second kappa shape index (κ2) is 6.77. The second-order valence-corrected chi connectivity index (χ2v) is 5.69. The van der Waals surface area contributed by atoms with Crippen LogP contribution < -0.4 is 14.8 Å². The van der Waals surface area contributed by atoms with Crippen molar-refractivity contribution in [3.8, 4) is 11.5 Å². The lowest BCUT2D eigenvalue weighted by atomic mass is 10.0. The molecule has 3 nitrogen and oxygen atoms in total. The van der Waals surface area contributed by atoms with E-state index in [0.29, 0.717) is 0 Å². The molecule has 0 bridgehead atoms. The molecule has 0 fully saturated rings. The van der Waals surface area contributed by atoms with Crippen LogP contribution in [0, 0.1) is 0 Å². The summed E-state index contributed by atoms with van der Waals surface area (Å²) >= 11 is 1.85. The molecule has 0 saturated carbocycles. The van der Waals surface area contributed by atoms with Crippen LogP contribution in [0.25, 0.3) is 0 Å². The van der Waals surface area contributed by atoms with Gasteiger partial charge in [-0.3, -0.25) is 0 Å². The van der Waals surface area contributed by atoms with E-state index in [0.717, 1.165) is 17.9 Å². The van der Waals surface area contributed by atoms with Crippen molar-refractivity contribution in [3.05, 3.63) is 45.6 Å². The van der Waals surface area contributed by atoms with Crippen LogP contribution in [0.1, 0.15) is 28.3 Å². The van der Waals surface area contributed by atoms with Crippen molar-refractivity contribution in [3.63, 3.8) is 0 Å². The van der Waals surface area contributed by atoms with Crippen molar-refractivity contribution in [2.75, 3.05) is 21.3 Å². The summed E-state index contributed by atoms with van der Waals surface area (Å²) in [5, 5.41) is 3.37. The minimum absolute atomic E-state index is 0.181. The zero-order chi connectivity index (χ0) is 14.5. The molecule has 0 spiro atoms. The lowest BCUT2D eigenvalue weighted by Gasteiger charge is -2.17. The maximum atomic E-state index is 5.38. The van der Waals surface area contributed by atoms with Gasteiger partial charge < -0.3 is 14.8 Å². The lowest BCUT2D eigenvalue weighted by Crippen LogP contribution is -2.16. The standard InChI is InChI=1S/C16H21NO2S/c1-5-12-7-9-15(20-12)16(17-2)11-6-8-13(18-3)14(10-11)19-4/h6-10,16-17H,5H2,1-4H3. The first-order chi connectivity index (χ1) is 9.73. The Labute approximate surface area is 124 Å². The van der Waals surface area contributed by atoms with Crippen molar-refractivity contribution in [2.24, 2.45) is 0 Å². The van der Waals surface area contributed by atoms with Crippen molar-refractivity contribution >= 4 is 11.3 Å². The Balaban J connectivity index is 2.36. The van der Waals surface area contributed by atoms with Gasteiger partial charge in [0.25, 0.3) is 0 Å². The maximum Gasteiger partial charge on any atom is 0.161 e. The summed E-state index contributed by atoms with van der Waals surface area (Å²) in [5.41, 5.74) is 1.18.